The Labute approximate surface area is 141 Å². The van der Waals surface area contributed by atoms with Crippen molar-refractivity contribution in [3.05, 3.63) is 29.6 Å². The molecule has 1 atom stereocenters. The van der Waals surface area contributed by atoms with Gasteiger partial charge in [0.1, 0.15) is 0 Å². The number of primary amides is 1. The molecule has 1 fully saturated rings. The number of carbonyl (C=O) groups is 2. The van der Waals surface area contributed by atoms with Crippen molar-refractivity contribution in [2.24, 2.45) is 11.7 Å². The number of hydrogen-bond acceptors (Lipinski definition) is 4. The first-order valence-corrected chi connectivity index (χ1v) is 7.98. The number of ether oxygens (including phenoxy) is 1. The molecular formula is C17H24FN3O3. The van der Waals surface area contributed by atoms with Gasteiger partial charge in [-0.25, -0.2) is 4.39 Å². The lowest BCUT2D eigenvalue weighted by Gasteiger charge is -2.32. The summed E-state index contributed by atoms with van der Waals surface area (Å²) in [6.07, 6.45) is 1.52. The van der Waals surface area contributed by atoms with Gasteiger partial charge in [-0.2, -0.15) is 0 Å². The zero-order valence-electron chi connectivity index (χ0n) is 14.1. The Hall–Kier alpha value is -2.15. The first-order chi connectivity index (χ1) is 11.4. The number of rotatable bonds is 6. The molecule has 0 aliphatic carbocycles. The smallest absolute Gasteiger partial charge is 0.236 e. The van der Waals surface area contributed by atoms with Crippen LogP contribution in [0, 0.1) is 11.7 Å². The van der Waals surface area contributed by atoms with Crippen molar-refractivity contribution in [3.63, 3.8) is 0 Å². The van der Waals surface area contributed by atoms with E-state index in [-0.39, 0.29) is 30.0 Å². The van der Waals surface area contributed by atoms with Crippen molar-refractivity contribution in [2.75, 3.05) is 33.8 Å². The summed E-state index contributed by atoms with van der Waals surface area (Å²) in [5.74, 6) is -0.881. The first kappa shape index (κ1) is 18.2. The van der Waals surface area contributed by atoms with E-state index in [1.165, 1.54) is 13.2 Å². The second-order valence-electron chi connectivity index (χ2n) is 6.22. The zero-order chi connectivity index (χ0) is 17.7. The van der Waals surface area contributed by atoms with Crippen LogP contribution in [0.2, 0.25) is 0 Å². The number of methoxy groups -OCH3 is 1. The van der Waals surface area contributed by atoms with Gasteiger partial charge in [-0.3, -0.25) is 14.5 Å². The van der Waals surface area contributed by atoms with E-state index in [4.69, 9.17) is 10.5 Å². The number of piperidine rings is 1. The van der Waals surface area contributed by atoms with Gasteiger partial charge in [-0.05, 0) is 37.6 Å². The Kier molecular flexibility index (Phi) is 6.14. The Balaban J connectivity index is 1.89. The number of likely N-dealkylation sites (N-methyl/N-ethyl adjacent to an activating group) is 1. The maximum Gasteiger partial charge on any atom is 0.236 e. The van der Waals surface area contributed by atoms with Gasteiger partial charge in [-0.15, -0.1) is 0 Å². The van der Waals surface area contributed by atoms with Crippen LogP contribution in [-0.2, 0) is 16.1 Å². The molecule has 0 aromatic heterocycles. The predicted octanol–water partition coefficient (Wildman–Crippen LogP) is 0.990. The van der Waals surface area contributed by atoms with Crippen LogP contribution in [0.4, 0.5) is 4.39 Å². The molecule has 7 heteroatoms. The Morgan fingerprint density at radius 3 is 2.83 bits per heavy atom. The maximum absolute atomic E-state index is 13.7. The summed E-state index contributed by atoms with van der Waals surface area (Å²) in [4.78, 5) is 27.2. The molecule has 1 aromatic carbocycles. The van der Waals surface area contributed by atoms with Crippen molar-refractivity contribution in [2.45, 2.75) is 19.4 Å². The Morgan fingerprint density at radius 1 is 1.46 bits per heavy atom. The summed E-state index contributed by atoms with van der Waals surface area (Å²) in [5, 5.41) is 0. The Bertz CT molecular complexity index is 609. The fraction of sp³-hybridized carbons (Fsp3) is 0.529. The highest BCUT2D eigenvalue weighted by Crippen LogP contribution is 2.19. The number of hydrogen-bond donors (Lipinski definition) is 1. The van der Waals surface area contributed by atoms with E-state index in [9.17, 15) is 14.0 Å². The highest BCUT2D eigenvalue weighted by Gasteiger charge is 2.27. The fourth-order valence-corrected chi connectivity index (χ4v) is 2.94. The quantitative estimate of drug-likeness (QED) is 0.840. The monoisotopic (exact) mass is 337 g/mol. The van der Waals surface area contributed by atoms with Crippen molar-refractivity contribution in [1.82, 2.24) is 9.80 Å². The van der Waals surface area contributed by atoms with Crippen LogP contribution in [0.5, 0.6) is 5.75 Å². The van der Waals surface area contributed by atoms with E-state index in [1.54, 1.807) is 24.1 Å². The van der Waals surface area contributed by atoms with E-state index < -0.39 is 5.82 Å². The molecule has 0 radical (unpaired) electrons. The molecule has 0 spiro atoms. The standard InChI is InChI=1S/C17H24FN3O3/c1-20(9-12-5-6-15(24-2)14(18)8-12)11-16(22)21-7-3-4-13(10-21)17(19)23/h5-6,8,13H,3-4,7,9-11H2,1-2H3,(H2,19,23). The maximum atomic E-state index is 13.7. The number of carbonyl (C=O) groups excluding carboxylic acids is 2. The van der Waals surface area contributed by atoms with Crippen LogP contribution in [-0.4, -0.2) is 55.4 Å². The van der Waals surface area contributed by atoms with Crippen LogP contribution >= 0.6 is 0 Å². The number of benzene rings is 1. The second-order valence-corrected chi connectivity index (χ2v) is 6.22. The van der Waals surface area contributed by atoms with Crippen molar-refractivity contribution in [3.8, 4) is 5.75 Å². The van der Waals surface area contributed by atoms with Crippen molar-refractivity contribution in [1.29, 1.82) is 0 Å². The lowest BCUT2D eigenvalue weighted by Crippen LogP contribution is -2.47. The SMILES string of the molecule is COc1ccc(CN(C)CC(=O)N2CCCC(C(N)=O)C2)cc1F. The number of nitrogens with two attached hydrogens (primary N) is 1. The van der Waals surface area contributed by atoms with Gasteiger partial charge >= 0.3 is 0 Å². The normalized spacial score (nSPS) is 17.8. The lowest BCUT2D eigenvalue weighted by molar-refractivity contribution is -0.135. The topological polar surface area (TPSA) is 75.9 Å². The van der Waals surface area contributed by atoms with Gasteiger partial charge < -0.3 is 15.4 Å². The summed E-state index contributed by atoms with van der Waals surface area (Å²) < 4.78 is 18.6. The summed E-state index contributed by atoms with van der Waals surface area (Å²) in [6, 6.07) is 4.75. The minimum absolute atomic E-state index is 0.0440. The van der Waals surface area contributed by atoms with E-state index in [0.717, 1.165) is 18.4 Å². The molecule has 1 aliphatic rings. The molecule has 1 unspecified atom stereocenters. The van der Waals surface area contributed by atoms with Gasteiger partial charge in [-0.1, -0.05) is 6.07 Å². The average Bonchev–Trinajstić information content (AvgIpc) is 2.55. The van der Waals surface area contributed by atoms with Gasteiger partial charge in [0.25, 0.3) is 0 Å². The third kappa shape index (κ3) is 4.67. The van der Waals surface area contributed by atoms with E-state index in [0.29, 0.717) is 19.6 Å². The first-order valence-electron chi connectivity index (χ1n) is 7.98. The molecule has 0 bridgehead atoms. The zero-order valence-corrected chi connectivity index (χ0v) is 14.1. The Morgan fingerprint density at radius 2 is 2.21 bits per heavy atom. The largest absolute Gasteiger partial charge is 0.494 e. The highest BCUT2D eigenvalue weighted by molar-refractivity contribution is 5.81. The molecular weight excluding hydrogens is 313 g/mol. The summed E-state index contributed by atoms with van der Waals surface area (Å²) in [5.41, 5.74) is 6.10. The molecule has 1 saturated heterocycles. The van der Waals surface area contributed by atoms with E-state index >= 15 is 0 Å². The van der Waals surface area contributed by atoms with Crippen LogP contribution < -0.4 is 10.5 Å². The third-order valence-corrected chi connectivity index (χ3v) is 4.25. The molecule has 1 heterocycles. The molecule has 6 nitrogen and oxygen atoms in total. The summed E-state index contributed by atoms with van der Waals surface area (Å²) in [6.45, 7) is 1.69. The van der Waals surface area contributed by atoms with Crippen LogP contribution in [0.3, 0.4) is 0 Å². The fourth-order valence-electron chi connectivity index (χ4n) is 2.94. The van der Waals surface area contributed by atoms with Crippen LogP contribution in [0.25, 0.3) is 0 Å². The van der Waals surface area contributed by atoms with Gasteiger partial charge in [0.05, 0.1) is 19.6 Å². The molecule has 132 valence electrons. The second kappa shape index (κ2) is 8.10. The molecule has 1 aromatic rings. The van der Waals surface area contributed by atoms with Gasteiger partial charge in [0, 0.05) is 19.6 Å². The number of halogens is 1. The van der Waals surface area contributed by atoms with Crippen LogP contribution in [0.15, 0.2) is 18.2 Å². The number of nitrogens with zero attached hydrogens (tertiary/aromatic N) is 2. The van der Waals surface area contributed by atoms with E-state index in [2.05, 4.69) is 0 Å². The minimum atomic E-state index is -0.421. The van der Waals surface area contributed by atoms with E-state index in [1.807, 2.05) is 4.90 Å². The molecule has 2 rings (SSSR count). The third-order valence-electron chi connectivity index (χ3n) is 4.25. The molecule has 1 aliphatic heterocycles. The number of amides is 2. The lowest BCUT2D eigenvalue weighted by atomic mass is 9.97. The highest BCUT2D eigenvalue weighted by atomic mass is 19.1. The number of likely N-dealkylation sites (tertiary alicyclic amines) is 1. The van der Waals surface area contributed by atoms with Crippen LogP contribution in [0.1, 0.15) is 18.4 Å². The van der Waals surface area contributed by atoms with Crippen molar-refractivity contribution >= 4 is 11.8 Å². The minimum Gasteiger partial charge on any atom is -0.494 e. The van der Waals surface area contributed by atoms with Gasteiger partial charge in [0.15, 0.2) is 11.6 Å². The van der Waals surface area contributed by atoms with Crippen molar-refractivity contribution < 1.29 is 18.7 Å². The molecule has 2 N–H and O–H groups in total. The average molecular weight is 337 g/mol. The van der Waals surface area contributed by atoms with Gasteiger partial charge in [0.2, 0.25) is 11.8 Å². The molecule has 0 saturated carbocycles. The summed E-state index contributed by atoms with van der Waals surface area (Å²) in [7, 11) is 3.22. The predicted molar refractivity (Wildman–Crippen MR) is 87.8 cm³/mol. The molecule has 24 heavy (non-hydrogen) atoms. The molecule has 2 amide bonds. The summed E-state index contributed by atoms with van der Waals surface area (Å²) >= 11 is 0.